The number of likely N-dealkylation sites (N-methyl/N-ethyl adjacent to an activating group) is 1. The van der Waals surface area contributed by atoms with E-state index in [2.05, 4.69) is 33.9 Å². The fraction of sp³-hybridized carbons (Fsp3) is 0.400. The topological polar surface area (TPSA) is 52.0 Å². The summed E-state index contributed by atoms with van der Waals surface area (Å²) in [5.74, 6) is 1.42. The van der Waals surface area contributed by atoms with Gasteiger partial charge in [-0.15, -0.1) is 0 Å². The van der Waals surface area contributed by atoms with Crippen molar-refractivity contribution in [1.29, 1.82) is 0 Å². The van der Waals surface area contributed by atoms with Crippen LogP contribution in [-0.4, -0.2) is 44.1 Å². The first-order valence-corrected chi connectivity index (χ1v) is 8.62. The van der Waals surface area contributed by atoms with Gasteiger partial charge in [0, 0.05) is 37.4 Å². The quantitative estimate of drug-likeness (QED) is 0.542. The van der Waals surface area contributed by atoms with Crippen LogP contribution < -0.4 is 10.6 Å². The van der Waals surface area contributed by atoms with E-state index in [4.69, 9.17) is 0 Å². The molecule has 1 aliphatic carbocycles. The minimum Gasteiger partial charge on any atom is -0.373 e. The fourth-order valence-corrected chi connectivity index (χ4v) is 3.26. The second-order valence-electron chi connectivity index (χ2n) is 6.72. The SMILES string of the molecule is C=N/C(NC)=C(\C)C(C(=C)N(C)CC1=NC2=CC=C(F)CC2N1)=C(C)C. The summed E-state index contributed by atoms with van der Waals surface area (Å²) >= 11 is 0. The third kappa shape index (κ3) is 4.12. The normalized spacial score (nSPS) is 19.2. The second-order valence-corrected chi connectivity index (χ2v) is 6.72. The molecule has 0 saturated heterocycles. The zero-order valence-corrected chi connectivity index (χ0v) is 16.3. The third-order valence-corrected chi connectivity index (χ3v) is 4.56. The van der Waals surface area contributed by atoms with Crippen LogP contribution >= 0.6 is 0 Å². The van der Waals surface area contributed by atoms with Crippen LogP contribution in [0.3, 0.4) is 0 Å². The first-order valence-electron chi connectivity index (χ1n) is 8.62. The van der Waals surface area contributed by atoms with Crippen LogP contribution in [-0.2, 0) is 0 Å². The van der Waals surface area contributed by atoms with Crippen LogP contribution in [0.2, 0.25) is 0 Å². The summed E-state index contributed by atoms with van der Waals surface area (Å²) in [5.41, 5.74) is 4.92. The van der Waals surface area contributed by atoms with E-state index in [-0.39, 0.29) is 11.9 Å². The molecule has 0 bridgehead atoms. The van der Waals surface area contributed by atoms with Crippen molar-refractivity contribution in [3.05, 3.63) is 58.5 Å². The Bertz CT molecular complexity index is 763. The largest absolute Gasteiger partial charge is 0.373 e. The first kappa shape index (κ1) is 19.7. The van der Waals surface area contributed by atoms with Gasteiger partial charge in [-0.25, -0.2) is 14.4 Å². The number of halogens is 1. The van der Waals surface area contributed by atoms with E-state index in [9.17, 15) is 4.39 Å². The van der Waals surface area contributed by atoms with E-state index in [0.717, 1.165) is 39.8 Å². The Morgan fingerprint density at radius 1 is 1.42 bits per heavy atom. The van der Waals surface area contributed by atoms with Gasteiger partial charge in [-0.05, 0) is 39.6 Å². The highest BCUT2D eigenvalue weighted by atomic mass is 19.1. The Morgan fingerprint density at radius 3 is 2.69 bits per heavy atom. The Labute approximate surface area is 155 Å². The molecule has 0 amide bonds. The maximum absolute atomic E-state index is 13.4. The van der Waals surface area contributed by atoms with E-state index < -0.39 is 0 Å². The van der Waals surface area contributed by atoms with Gasteiger partial charge < -0.3 is 15.5 Å². The summed E-state index contributed by atoms with van der Waals surface area (Å²) in [5, 5.41) is 6.36. The van der Waals surface area contributed by atoms with E-state index in [1.807, 2.05) is 39.8 Å². The summed E-state index contributed by atoms with van der Waals surface area (Å²) in [7, 11) is 3.79. The Kier molecular flexibility index (Phi) is 6.18. The van der Waals surface area contributed by atoms with Crippen LogP contribution in [0.5, 0.6) is 0 Å². The van der Waals surface area contributed by atoms with Gasteiger partial charge in [-0.1, -0.05) is 12.2 Å². The van der Waals surface area contributed by atoms with Gasteiger partial charge in [-0.3, -0.25) is 0 Å². The number of fused-ring (bicyclic) bond motifs is 1. The molecule has 0 radical (unpaired) electrons. The number of amidine groups is 1. The van der Waals surface area contributed by atoms with Gasteiger partial charge in [0.1, 0.15) is 17.5 Å². The lowest BCUT2D eigenvalue weighted by Crippen LogP contribution is -2.37. The van der Waals surface area contributed by atoms with Crippen LogP contribution in [0.15, 0.2) is 68.5 Å². The standard InChI is InChI=1S/C20H28FN5/c1-12(2)19(13(3)20(22-5)23-6)14(4)26(7)11-18-24-16-9-8-15(21)10-17(16)25-18/h8-9,17,23H,4-5,10-11H2,1-3,6-7H3,(H,24,25)/b20-13-. The molecule has 0 spiro atoms. The summed E-state index contributed by atoms with van der Waals surface area (Å²) in [6, 6.07) is -0.0675. The highest BCUT2D eigenvalue weighted by Gasteiger charge is 2.27. The number of nitrogens with one attached hydrogen (secondary N) is 2. The van der Waals surface area contributed by atoms with Gasteiger partial charge in [0.15, 0.2) is 0 Å². The monoisotopic (exact) mass is 357 g/mol. The molecule has 5 nitrogen and oxygen atoms in total. The molecule has 0 aromatic rings. The van der Waals surface area contributed by atoms with Crippen LogP contribution in [0.1, 0.15) is 27.2 Å². The maximum atomic E-state index is 13.4. The van der Waals surface area contributed by atoms with Crippen LogP contribution in [0.4, 0.5) is 4.39 Å². The average molecular weight is 357 g/mol. The van der Waals surface area contributed by atoms with Crippen LogP contribution in [0.25, 0.3) is 0 Å². The van der Waals surface area contributed by atoms with Crippen molar-refractivity contribution in [2.45, 2.75) is 33.2 Å². The molecule has 26 heavy (non-hydrogen) atoms. The second kappa shape index (κ2) is 8.17. The summed E-state index contributed by atoms with van der Waals surface area (Å²) in [6.45, 7) is 14.6. The van der Waals surface area contributed by atoms with Crippen molar-refractivity contribution < 1.29 is 4.39 Å². The van der Waals surface area contributed by atoms with Crippen molar-refractivity contribution in [3.8, 4) is 0 Å². The average Bonchev–Trinajstić information content (AvgIpc) is 2.96. The van der Waals surface area contributed by atoms with E-state index in [1.54, 1.807) is 6.08 Å². The molecule has 2 N–H and O–H groups in total. The molecule has 1 aliphatic heterocycles. The fourth-order valence-electron chi connectivity index (χ4n) is 3.26. The van der Waals surface area contributed by atoms with Gasteiger partial charge in [0.05, 0.1) is 18.3 Å². The highest BCUT2D eigenvalue weighted by molar-refractivity contribution is 5.88. The van der Waals surface area contributed by atoms with Gasteiger partial charge >= 0.3 is 0 Å². The lowest BCUT2D eigenvalue weighted by atomic mass is 9.99. The minimum absolute atomic E-state index is 0.0675. The van der Waals surface area contributed by atoms with Gasteiger partial charge in [-0.2, -0.15) is 0 Å². The summed E-state index contributed by atoms with van der Waals surface area (Å²) in [6.07, 6.45) is 3.57. The van der Waals surface area contributed by atoms with Crippen molar-refractivity contribution in [2.24, 2.45) is 9.98 Å². The molecule has 1 heterocycles. The van der Waals surface area contributed by atoms with E-state index in [1.165, 1.54) is 6.08 Å². The lowest BCUT2D eigenvalue weighted by molar-refractivity contribution is 0.480. The molecule has 6 heteroatoms. The Morgan fingerprint density at radius 2 is 2.12 bits per heavy atom. The number of allylic oxidation sites excluding steroid dienone is 4. The third-order valence-electron chi connectivity index (χ3n) is 4.56. The molecule has 1 atom stereocenters. The van der Waals surface area contributed by atoms with Crippen LogP contribution in [0, 0.1) is 0 Å². The predicted molar refractivity (Wildman–Crippen MR) is 108 cm³/mol. The molecular formula is C20H28FN5. The number of nitrogens with zero attached hydrogens (tertiary/aromatic N) is 3. The van der Waals surface area contributed by atoms with E-state index >= 15 is 0 Å². The number of rotatable bonds is 7. The molecule has 0 saturated carbocycles. The van der Waals surface area contributed by atoms with Crippen molar-refractivity contribution in [3.63, 3.8) is 0 Å². The molecule has 0 aromatic carbocycles. The predicted octanol–water partition coefficient (Wildman–Crippen LogP) is 3.43. The zero-order valence-electron chi connectivity index (χ0n) is 16.3. The Hall–Kier alpha value is -2.63. The lowest BCUT2D eigenvalue weighted by Gasteiger charge is -2.26. The summed E-state index contributed by atoms with van der Waals surface area (Å²) < 4.78 is 13.4. The number of hydrogen-bond acceptors (Lipinski definition) is 5. The van der Waals surface area contributed by atoms with Crippen molar-refractivity contribution in [1.82, 2.24) is 15.5 Å². The maximum Gasteiger partial charge on any atom is 0.128 e. The van der Waals surface area contributed by atoms with Gasteiger partial charge in [0.25, 0.3) is 0 Å². The summed E-state index contributed by atoms with van der Waals surface area (Å²) in [4.78, 5) is 10.7. The molecule has 0 aromatic heterocycles. The highest BCUT2D eigenvalue weighted by Crippen LogP contribution is 2.28. The van der Waals surface area contributed by atoms with Gasteiger partial charge in [0.2, 0.25) is 0 Å². The molecule has 2 rings (SSSR count). The first-order chi connectivity index (χ1) is 12.3. The molecule has 1 unspecified atom stereocenters. The van der Waals surface area contributed by atoms with Crippen molar-refractivity contribution in [2.75, 3.05) is 20.6 Å². The molecular weight excluding hydrogens is 329 g/mol. The smallest absolute Gasteiger partial charge is 0.128 e. The molecule has 0 fully saturated rings. The van der Waals surface area contributed by atoms with E-state index in [0.29, 0.717) is 13.0 Å². The number of hydrogen-bond donors (Lipinski definition) is 2. The Balaban J connectivity index is 2.18. The number of aliphatic imine (C=N–C) groups is 2. The zero-order chi connectivity index (χ0) is 19.4. The molecule has 2 aliphatic rings. The van der Waals surface area contributed by atoms with Crippen molar-refractivity contribution >= 4 is 12.6 Å². The molecule has 140 valence electrons. The minimum atomic E-state index is -0.121.